The lowest BCUT2D eigenvalue weighted by Gasteiger charge is -2.23. The van der Waals surface area contributed by atoms with Gasteiger partial charge in [-0.2, -0.15) is 9.40 Å². The minimum absolute atomic E-state index is 0.236. The highest BCUT2D eigenvalue weighted by Gasteiger charge is 2.31. The van der Waals surface area contributed by atoms with Crippen molar-refractivity contribution in [1.82, 2.24) is 14.1 Å². The van der Waals surface area contributed by atoms with Crippen LogP contribution in [-0.4, -0.2) is 42.1 Å². The van der Waals surface area contributed by atoms with Gasteiger partial charge in [-0.1, -0.05) is 13.8 Å². The van der Waals surface area contributed by atoms with E-state index in [9.17, 15) is 8.42 Å². The Balaban J connectivity index is 3.43. The summed E-state index contributed by atoms with van der Waals surface area (Å²) in [7, 11) is -0.196. The fourth-order valence-corrected chi connectivity index (χ4v) is 3.95. The van der Waals surface area contributed by atoms with Crippen molar-refractivity contribution in [3.63, 3.8) is 0 Å². The lowest BCUT2D eigenvalue weighted by atomic mass is 10.2. The Morgan fingerprint density at radius 2 is 1.95 bits per heavy atom. The smallest absolute Gasteiger partial charge is 0.246 e. The fourth-order valence-electron chi connectivity index (χ4n) is 2.05. The number of aryl methyl sites for hydroxylation is 2. The molecule has 1 aromatic rings. The first-order valence-electron chi connectivity index (χ1n) is 6.54. The van der Waals surface area contributed by atoms with Gasteiger partial charge in [0, 0.05) is 26.7 Å². The van der Waals surface area contributed by atoms with Gasteiger partial charge in [-0.25, -0.2) is 8.42 Å². The van der Waals surface area contributed by atoms with Gasteiger partial charge >= 0.3 is 0 Å². The quantitative estimate of drug-likeness (QED) is 0.827. The number of likely N-dealkylation sites (N-methyl/N-ethyl adjacent to an activating group) is 1. The second kappa shape index (κ2) is 6.02. The maximum atomic E-state index is 12.7. The van der Waals surface area contributed by atoms with E-state index < -0.39 is 10.0 Å². The topological polar surface area (TPSA) is 81.2 Å². The van der Waals surface area contributed by atoms with Gasteiger partial charge in [0.05, 0.1) is 11.4 Å². The second-order valence-corrected chi connectivity index (χ2v) is 6.59. The van der Waals surface area contributed by atoms with E-state index in [0.29, 0.717) is 30.0 Å². The van der Waals surface area contributed by atoms with Crippen molar-refractivity contribution in [2.24, 2.45) is 12.8 Å². The molecule has 1 heterocycles. The summed E-state index contributed by atoms with van der Waals surface area (Å²) >= 11 is 0. The van der Waals surface area contributed by atoms with Crippen LogP contribution in [0.25, 0.3) is 0 Å². The van der Waals surface area contributed by atoms with Crippen molar-refractivity contribution in [2.75, 3.05) is 13.6 Å². The summed E-state index contributed by atoms with van der Waals surface area (Å²) < 4.78 is 28.4. The number of nitrogens with zero attached hydrogens (tertiary/aromatic N) is 3. The average molecular weight is 288 g/mol. The van der Waals surface area contributed by atoms with Crippen LogP contribution in [0, 0.1) is 0 Å². The zero-order chi connectivity index (χ0) is 14.8. The number of rotatable bonds is 6. The lowest BCUT2D eigenvalue weighted by Crippen LogP contribution is -2.40. The molecule has 1 aromatic heterocycles. The maximum absolute atomic E-state index is 12.7. The second-order valence-electron chi connectivity index (χ2n) is 4.66. The van der Waals surface area contributed by atoms with Crippen LogP contribution in [0.4, 0.5) is 0 Å². The van der Waals surface area contributed by atoms with Gasteiger partial charge in [-0.3, -0.25) is 4.68 Å². The van der Waals surface area contributed by atoms with E-state index in [1.165, 1.54) is 4.31 Å². The highest BCUT2D eigenvalue weighted by molar-refractivity contribution is 7.89. The molecule has 0 aromatic carbocycles. The number of hydrogen-bond acceptors (Lipinski definition) is 4. The molecule has 0 aliphatic rings. The molecule has 0 fully saturated rings. The summed E-state index contributed by atoms with van der Waals surface area (Å²) in [5.74, 6) is 0. The Morgan fingerprint density at radius 1 is 1.37 bits per heavy atom. The standard InChI is InChI=1S/C12H24N4O2S/c1-6-10-12(11(7-2)15(4)14-10)19(17,18)16(5)9(3)8-13/h9H,6-8,13H2,1-5H3/t9-/m1/s1. The molecule has 7 heteroatoms. The predicted molar refractivity (Wildman–Crippen MR) is 75.4 cm³/mol. The zero-order valence-corrected chi connectivity index (χ0v) is 13.2. The first-order chi connectivity index (χ1) is 8.81. The van der Waals surface area contributed by atoms with Crippen LogP contribution in [0.1, 0.15) is 32.2 Å². The van der Waals surface area contributed by atoms with Crippen LogP contribution in [-0.2, 0) is 29.9 Å². The molecule has 0 bridgehead atoms. The van der Waals surface area contributed by atoms with Gasteiger partial charge in [-0.15, -0.1) is 0 Å². The minimum atomic E-state index is -3.54. The van der Waals surface area contributed by atoms with Crippen LogP contribution in [0.15, 0.2) is 4.90 Å². The number of sulfonamides is 1. The molecule has 6 nitrogen and oxygen atoms in total. The van der Waals surface area contributed by atoms with Crippen molar-refractivity contribution in [3.8, 4) is 0 Å². The summed E-state index contributed by atoms with van der Waals surface area (Å²) in [6.45, 7) is 5.93. The molecule has 0 aliphatic carbocycles. The summed E-state index contributed by atoms with van der Waals surface area (Å²) in [4.78, 5) is 0.350. The monoisotopic (exact) mass is 288 g/mol. The highest BCUT2D eigenvalue weighted by Crippen LogP contribution is 2.25. The molecule has 110 valence electrons. The van der Waals surface area contributed by atoms with E-state index in [-0.39, 0.29) is 6.04 Å². The third kappa shape index (κ3) is 2.82. The Morgan fingerprint density at radius 3 is 2.37 bits per heavy atom. The third-order valence-electron chi connectivity index (χ3n) is 3.45. The third-order valence-corrected chi connectivity index (χ3v) is 5.56. The van der Waals surface area contributed by atoms with Crippen LogP contribution in [0.2, 0.25) is 0 Å². The Bertz CT molecular complexity index is 536. The lowest BCUT2D eigenvalue weighted by molar-refractivity contribution is 0.393. The van der Waals surface area contributed by atoms with E-state index in [2.05, 4.69) is 5.10 Å². The van der Waals surface area contributed by atoms with Crippen molar-refractivity contribution < 1.29 is 8.42 Å². The summed E-state index contributed by atoms with van der Waals surface area (Å²) in [6.07, 6.45) is 1.22. The molecule has 0 spiro atoms. The molecule has 0 saturated heterocycles. The molecule has 0 unspecified atom stereocenters. The van der Waals surface area contributed by atoms with E-state index in [0.717, 1.165) is 5.69 Å². The van der Waals surface area contributed by atoms with Crippen molar-refractivity contribution in [3.05, 3.63) is 11.4 Å². The van der Waals surface area contributed by atoms with Crippen LogP contribution >= 0.6 is 0 Å². The molecule has 1 atom stereocenters. The average Bonchev–Trinajstić information content (AvgIpc) is 2.73. The van der Waals surface area contributed by atoms with Gasteiger partial charge in [0.2, 0.25) is 10.0 Å². The molecule has 0 saturated carbocycles. The molecule has 0 radical (unpaired) electrons. The highest BCUT2D eigenvalue weighted by atomic mass is 32.2. The maximum Gasteiger partial charge on any atom is 0.246 e. The number of nitrogens with two attached hydrogens (primary N) is 1. The van der Waals surface area contributed by atoms with Gasteiger partial charge < -0.3 is 5.73 Å². The van der Waals surface area contributed by atoms with Gasteiger partial charge in [0.1, 0.15) is 4.90 Å². The van der Waals surface area contributed by atoms with E-state index in [4.69, 9.17) is 5.73 Å². The molecular weight excluding hydrogens is 264 g/mol. The van der Waals surface area contributed by atoms with E-state index >= 15 is 0 Å². The normalized spacial score (nSPS) is 14.1. The summed E-state index contributed by atoms with van der Waals surface area (Å²) in [6, 6.07) is -0.236. The Kier molecular flexibility index (Phi) is 5.11. The zero-order valence-electron chi connectivity index (χ0n) is 12.3. The molecule has 0 amide bonds. The Labute approximate surface area is 115 Å². The van der Waals surface area contributed by atoms with Crippen molar-refractivity contribution >= 4 is 10.0 Å². The van der Waals surface area contributed by atoms with Crippen molar-refractivity contribution in [1.29, 1.82) is 0 Å². The first kappa shape index (κ1) is 16.1. The van der Waals surface area contributed by atoms with E-state index in [1.54, 1.807) is 25.7 Å². The minimum Gasteiger partial charge on any atom is -0.329 e. The SMILES string of the molecule is CCc1nn(C)c(CC)c1S(=O)(=O)N(C)[C@H](C)CN. The van der Waals surface area contributed by atoms with Crippen LogP contribution in [0.5, 0.6) is 0 Å². The summed E-state index contributed by atoms with van der Waals surface area (Å²) in [5, 5.41) is 4.31. The van der Waals surface area contributed by atoms with Gasteiger partial charge in [0.15, 0.2) is 0 Å². The van der Waals surface area contributed by atoms with Crippen LogP contribution in [0.3, 0.4) is 0 Å². The molecular formula is C12H24N4O2S. The number of hydrogen-bond donors (Lipinski definition) is 1. The molecule has 1 rings (SSSR count). The summed E-state index contributed by atoms with van der Waals surface area (Å²) in [5.41, 5.74) is 6.93. The van der Waals surface area contributed by atoms with Crippen LogP contribution < -0.4 is 5.73 Å². The Hall–Kier alpha value is -0.920. The van der Waals surface area contributed by atoms with E-state index in [1.807, 2.05) is 13.8 Å². The molecule has 19 heavy (non-hydrogen) atoms. The largest absolute Gasteiger partial charge is 0.329 e. The van der Waals surface area contributed by atoms with Gasteiger partial charge in [-0.05, 0) is 19.8 Å². The fraction of sp³-hybridized carbons (Fsp3) is 0.750. The van der Waals surface area contributed by atoms with Gasteiger partial charge in [0.25, 0.3) is 0 Å². The predicted octanol–water partition coefficient (Wildman–Crippen LogP) is 0.513. The molecule has 0 aliphatic heterocycles. The molecule has 2 N–H and O–H groups in total. The first-order valence-corrected chi connectivity index (χ1v) is 7.98. The van der Waals surface area contributed by atoms with Crippen molar-refractivity contribution in [2.45, 2.75) is 44.6 Å². The number of aromatic nitrogens is 2.